The van der Waals surface area contributed by atoms with E-state index in [1.807, 2.05) is 24.3 Å². The van der Waals surface area contributed by atoms with E-state index in [0.717, 1.165) is 16.9 Å². The number of para-hydroxylation sites is 1. The smallest absolute Gasteiger partial charge is 0.426 e. The first-order chi connectivity index (χ1) is 13.1. The van der Waals surface area contributed by atoms with Crippen LogP contribution in [0.4, 0.5) is 8.78 Å². The summed E-state index contributed by atoms with van der Waals surface area (Å²) in [6.07, 6.45) is 1.67. The third-order valence-electron chi connectivity index (χ3n) is 4.20. The van der Waals surface area contributed by atoms with Crippen LogP contribution >= 0.6 is 11.6 Å². The first kappa shape index (κ1) is 17.5. The van der Waals surface area contributed by atoms with Crippen molar-refractivity contribution < 1.29 is 13.4 Å². The SMILES string of the molecule is Fc1cc(F)cc(B(Oc2cccc3cccnc23)c2ccc(Cl)cc2)c1. The van der Waals surface area contributed by atoms with Crippen molar-refractivity contribution in [2.75, 3.05) is 0 Å². The summed E-state index contributed by atoms with van der Waals surface area (Å²) >= 11 is 5.98. The molecule has 0 unspecified atom stereocenters. The van der Waals surface area contributed by atoms with Crippen LogP contribution in [0.15, 0.2) is 79.0 Å². The number of pyridine rings is 1. The standard InChI is InChI=1S/C21H13BClF2NO/c23-17-8-6-15(7-9-17)22(16-11-18(24)13-19(25)12-16)27-20-5-1-3-14-4-2-10-26-21(14)20/h1-13H. The molecule has 0 saturated heterocycles. The highest BCUT2D eigenvalue weighted by Gasteiger charge is 2.26. The Morgan fingerprint density at radius 1 is 0.815 bits per heavy atom. The van der Waals surface area contributed by atoms with Gasteiger partial charge in [-0.15, -0.1) is 0 Å². The number of fused-ring (bicyclic) bond motifs is 1. The number of hydrogen-bond donors (Lipinski definition) is 0. The maximum atomic E-state index is 13.8. The zero-order valence-electron chi connectivity index (χ0n) is 14.1. The molecule has 1 aromatic heterocycles. The highest BCUT2D eigenvalue weighted by molar-refractivity contribution is 6.80. The molecule has 0 spiro atoms. The molecule has 0 aliphatic rings. The fourth-order valence-electron chi connectivity index (χ4n) is 2.99. The van der Waals surface area contributed by atoms with Crippen LogP contribution in [0, 0.1) is 11.6 Å². The van der Waals surface area contributed by atoms with Gasteiger partial charge in [-0.2, -0.15) is 0 Å². The zero-order valence-corrected chi connectivity index (χ0v) is 14.8. The van der Waals surface area contributed by atoms with E-state index in [1.54, 1.807) is 36.5 Å². The molecule has 4 rings (SSSR count). The van der Waals surface area contributed by atoms with E-state index in [0.29, 0.717) is 21.8 Å². The van der Waals surface area contributed by atoms with Crippen molar-refractivity contribution in [2.24, 2.45) is 0 Å². The van der Waals surface area contributed by atoms with Crippen molar-refractivity contribution in [3.63, 3.8) is 0 Å². The lowest BCUT2D eigenvalue weighted by Gasteiger charge is -2.18. The average Bonchev–Trinajstić information content (AvgIpc) is 2.66. The van der Waals surface area contributed by atoms with E-state index >= 15 is 0 Å². The van der Waals surface area contributed by atoms with Gasteiger partial charge in [0.15, 0.2) is 0 Å². The molecule has 27 heavy (non-hydrogen) atoms. The molecular weight excluding hydrogens is 366 g/mol. The van der Waals surface area contributed by atoms with Gasteiger partial charge in [0.1, 0.15) is 22.9 Å². The second kappa shape index (κ2) is 7.37. The molecule has 0 N–H and O–H groups in total. The number of hydrogen-bond acceptors (Lipinski definition) is 2. The molecule has 1 heterocycles. The maximum Gasteiger partial charge on any atom is 0.426 e. The summed E-state index contributed by atoms with van der Waals surface area (Å²) < 4.78 is 33.9. The highest BCUT2D eigenvalue weighted by atomic mass is 35.5. The van der Waals surface area contributed by atoms with Gasteiger partial charge in [0.2, 0.25) is 0 Å². The molecule has 3 aromatic carbocycles. The molecule has 0 radical (unpaired) electrons. The number of benzene rings is 3. The van der Waals surface area contributed by atoms with Crippen molar-refractivity contribution in [3.8, 4) is 5.75 Å². The summed E-state index contributed by atoms with van der Waals surface area (Å²) in [6.45, 7) is -0.722. The van der Waals surface area contributed by atoms with E-state index in [4.69, 9.17) is 16.3 Å². The summed E-state index contributed by atoms with van der Waals surface area (Å²) in [5, 5.41) is 1.48. The van der Waals surface area contributed by atoms with Crippen LogP contribution in [0.3, 0.4) is 0 Å². The number of nitrogens with zero attached hydrogens (tertiary/aromatic N) is 1. The molecule has 0 bridgehead atoms. The Morgan fingerprint density at radius 3 is 2.26 bits per heavy atom. The first-order valence-corrected chi connectivity index (χ1v) is 8.70. The van der Waals surface area contributed by atoms with E-state index in [-0.39, 0.29) is 0 Å². The Kier molecular flexibility index (Phi) is 4.78. The Balaban J connectivity index is 1.83. The average molecular weight is 380 g/mol. The van der Waals surface area contributed by atoms with Crippen LogP contribution in [0.1, 0.15) is 0 Å². The van der Waals surface area contributed by atoms with Gasteiger partial charge in [-0.1, -0.05) is 41.9 Å². The van der Waals surface area contributed by atoms with Crippen molar-refractivity contribution in [2.45, 2.75) is 0 Å². The second-order valence-electron chi connectivity index (χ2n) is 6.08. The van der Waals surface area contributed by atoms with Crippen LogP contribution in [-0.2, 0) is 0 Å². The summed E-state index contributed by atoms with van der Waals surface area (Å²) in [6, 6.07) is 19.7. The summed E-state index contributed by atoms with van der Waals surface area (Å²) in [4.78, 5) is 4.38. The van der Waals surface area contributed by atoms with Gasteiger partial charge < -0.3 is 4.65 Å². The summed E-state index contributed by atoms with van der Waals surface area (Å²) in [7, 11) is 0. The molecule has 0 amide bonds. The van der Waals surface area contributed by atoms with Gasteiger partial charge in [0, 0.05) is 22.7 Å². The lowest BCUT2D eigenvalue weighted by Crippen LogP contribution is -2.48. The van der Waals surface area contributed by atoms with E-state index < -0.39 is 18.6 Å². The molecule has 2 nitrogen and oxygen atoms in total. The van der Waals surface area contributed by atoms with Crippen LogP contribution in [0.5, 0.6) is 5.75 Å². The number of aromatic nitrogens is 1. The highest BCUT2D eigenvalue weighted by Crippen LogP contribution is 2.23. The predicted octanol–water partition coefficient (Wildman–Crippen LogP) is 4.35. The van der Waals surface area contributed by atoms with E-state index in [1.165, 1.54) is 12.1 Å². The van der Waals surface area contributed by atoms with Crippen LogP contribution < -0.4 is 15.6 Å². The van der Waals surface area contributed by atoms with Crippen LogP contribution in [-0.4, -0.2) is 11.9 Å². The first-order valence-electron chi connectivity index (χ1n) is 8.32. The van der Waals surface area contributed by atoms with E-state index in [9.17, 15) is 8.78 Å². The molecule has 0 saturated carbocycles. The summed E-state index contributed by atoms with van der Waals surface area (Å²) in [5.74, 6) is -0.801. The van der Waals surface area contributed by atoms with Gasteiger partial charge in [-0.25, -0.2) is 8.78 Å². The van der Waals surface area contributed by atoms with Crippen molar-refractivity contribution in [1.82, 2.24) is 4.98 Å². The van der Waals surface area contributed by atoms with Gasteiger partial charge in [0.05, 0.1) is 0 Å². The molecule has 0 aliphatic carbocycles. The topological polar surface area (TPSA) is 22.1 Å². The fourth-order valence-corrected chi connectivity index (χ4v) is 3.12. The minimum atomic E-state index is -0.722. The number of rotatable bonds is 4. The van der Waals surface area contributed by atoms with E-state index in [2.05, 4.69) is 4.98 Å². The Hall–Kier alpha value is -2.92. The predicted molar refractivity (Wildman–Crippen MR) is 105 cm³/mol. The van der Waals surface area contributed by atoms with Crippen LogP contribution in [0.25, 0.3) is 10.9 Å². The normalized spacial score (nSPS) is 10.8. The molecular formula is C21H13BClF2NO. The van der Waals surface area contributed by atoms with Crippen LogP contribution in [0.2, 0.25) is 5.02 Å². The molecule has 6 heteroatoms. The van der Waals surface area contributed by atoms with Crippen molar-refractivity contribution in [1.29, 1.82) is 0 Å². The van der Waals surface area contributed by atoms with Gasteiger partial charge in [-0.05, 0) is 47.3 Å². The molecule has 132 valence electrons. The minimum Gasteiger partial charge on any atom is -0.550 e. The zero-order chi connectivity index (χ0) is 18.8. The molecule has 0 atom stereocenters. The molecule has 0 aliphatic heterocycles. The van der Waals surface area contributed by atoms with Crippen molar-refractivity contribution in [3.05, 3.63) is 95.7 Å². The van der Waals surface area contributed by atoms with Gasteiger partial charge >= 0.3 is 6.92 Å². The second-order valence-corrected chi connectivity index (χ2v) is 6.52. The third kappa shape index (κ3) is 3.78. The summed E-state index contributed by atoms with van der Waals surface area (Å²) in [5.41, 5.74) is 1.76. The Bertz CT molecular complexity index is 1080. The van der Waals surface area contributed by atoms with Gasteiger partial charge in [0.25, 0.3) is 0 Å². The Labute approximate surface area is 160 Å². The fraction of sp³-hybridized carbons (Fsp3) is 0. The monoisotopic (exact) mass is 379 g/mol. The van der Waals surface area contributed by atoms with Gasteiger partial charge in [-0.3, -0.25) is 4.98 Å². The minimum absolute atomic E-state index is 0.364. The Morgan fingerprint density at radius 2 is 1.52 bits per heavy atom. The molecule has 4 aromatic rings. The quantitative estimate of drug-likeness (QED) is 0.492. The maximum absolute atomic E-state index is 13.8. The molecule has 0 fully saturated rings. The van der Waals surface area contributed by atoms with Crippen molar-refractivity contribution >= 4 is 40.3 Å². The number of halogens is 3. The third-order valence-corrected chi connectivity index (χ3v) is 4.45. The largest absolute Gasteiger partial charge is 0.550 e. The lowest BCUT2D eigenvalue weighted by atomic mass is 9.55. The lowest BCUT2D eigenvalue weighted by molar-refractivity contribution is 0.579.